The molecule has 24 heavy (non-hydrogen) atoms. The van der Waals surface area contributed by atoms with E-state index < -0.39 is 6.61 Å². The first kappa shape index (κ1) is 17.0. The van der Waals surface area contributed by atoms with Gasteiger partial charge in [-0.25, -0.2) is 0 Å². The lowest BCUT2D eigenvalue weighted by Crippen LogP contribution is -2.31. The number of carbonyl (C=O) groups excluding carboxylic acids is 1. The lowest BCUT2D eigenvalue weighted by molar-refractivity contribution is -0.142. The summed E-state index contributed by atoms with van der Waals surface area (Å²) in [4.78, 5) is 11.6. The largest absolute Gasteiger partial charge is 0.489 e. The van der Waals surface area contributed by atoms with Gasteiger partial charge in [0, 0.05) is 6.54 Å². The van der Waals surface area contributed by atoms with Gasteiger partial charge in [-0.3, -0.25) is 4.79 Å². The average Bonchev–Trinajstić information content (AvgIpc) is 3.27. The molecule has 1 aliphatic heterocycles. The zero-order valence-electron chi connectivity index (χ0n) is 13.5. The van der Waals surface area contributed by atoms with E-state index >= 15 is 0 Å². The van der Waals surface area contributed by atoms with Gasteiger partial charge < -0.3 is 19.5 Å². The Morgan fingerprint density at radius 2 is 2.12 bits per heavy atom. The van der Waals surface area contributed by atoms with Crippen molar-refractivity contribution in [1.29, 1.82) is 0 Å². The van der Waals surface area contributed by atoms with Crippen molar-refractivity contribution in [3.05, 3.63) is 23.8 Å². The Balaban J connectivity index is 1.73. The summed E-state index contributed by atoms with van der Waals surface area (Å²) in [5.41, 5.74) is 0.932. The predicted molar refractivity (Wildman–Crippen MR) is 82.5 cm³/mol. The van der Waals surface area contributed by atoms with E-state index in [1.807, 2.05) is 0 Å². The number of ether oxygens (including phenoxy) is 3. The number of alkyl halides is 2. The molecular weight excluding hydrogens is 320 g/mol. The second kappa shape index (κ2) is 7.34. The molecule has 1 aromatic rings. The number of methoxy groups -OCH3 is 1. The monoisotopic (exact) mass is 341 g/mol. The third-order valence-corrected chi connectivity index (χ3v) is 4.44. The summed E-state index contributed by atoms with van der Waals surface area (Å²) in [6.07, 6.45) is 2.82. The molecule has 0 unspecified atom stereocenters. The van der Waals surface area contributed by atoms with Gasteiger partial charge in [-0.05, 0) is 48.8 Å². The molecule has 1 aliphatic carbocycles. The van der Waals surface area contributed by atoms with Gasteiger partial charge in [0.25, 0.3) is 0 Å². The number of nitrogens with one attached hydrogen (secondary N) is 1. The lowest BCUT2D eigenvalue weighted by atomic mass is 9.96. The summed E-state index contributed by atoms with van der Waals surface area (Å²) in [6.45, 7) is -1.76. The van der Waals surface area contributed by atoms with Gasteiger partial charge >= 0.3 is 12.6 Å². The van der Waals surface area contributed by atoms with Crippen LogP contribution in [0.15, 0.2) is 18.2 Å². The highest BCUT2D eigenvalue weighted by Gasteiger charge is 2.31. The normalized spacial score (nSPS) is 23.3. The molecule has 0 aromatic heterocycles. The van der Waals surface area contributed by atoms with Crippen LogP contribution in [0.1, 0.15) is 30.7 Å². The van der Waals surface area contributed by atoms with E-state index in [1.54, 1.807) is 12.1 Å². The van der Waals surface area contributed by atoms with E-state index in [2.05, 4.69) is 10.1 Å². The number of carbonyl (C=O) groups is 1. The van der Waals surface area contributed by atoms with Gasteiger partial charge in [-0.15, -0.1) is 0 Å². The molecule has 0 spiro atoms. The quantitative estimate of drug-likeness (QED) is 0.773. The molecule has 2 atom stereocenters. The van der Waals surface area contributed by atoms with Crippen molar-refractivity contribution in [3.8, 4) is 11.5 Å². The number of esters is 1. The Labute approximate surface area is 139 Å². The fourth-order valence-corrected chi connectivity index (χ4v) is 2.89. The van der Waals surface area contributed by atoms with Gasteiger partial charge in [0.1, 0.15) is 6.04 Å². The summed E-state index contributed by atoms with van der Waals surface area (Å²) in [5, 5.41) is 3.12. The average molecular weight is 341 g/mol. The third kappa shape index (κ3) is 4.14. The smallest absolute Gasteiger partial charge is 0.387 e. The van der Waals surface area contributed by atoms with Crippen LogP contribution in [0.5, 0.6) is 11.5 Å². The summed E-state index contributed by atoms with van der Waals surface area (Å²) in [7, 11) is 1.36. The summed E-state index contributed by atoms with van der Waals surface area (Å²) >= 11 is 0. The highest BCUT2D eigenvalue weighted by atomic mass is 19.3. The first-order valence-corrected chi connectivity index (χ1v) is 8.09. The van der Waals surface area contributed by atoms with E-state index in [0.717, 1.165) is 18.4 Å². The fraction of sp³-hybridized carbons (Fsp3) is 0.588. The maximum absolute atomic E-state index is 12.6. The standard InChI is InChI=1S/C17H21F2NO4/c1-22-16(21)13-6-12(8-20-13)11-4-5-14(24-17(18)19)15(7-11)23-9-10-2-3-10/h4-5,7,10,12-13,17,20H,2-3,6,8-9H2,1H3/t12-,13-/m1/s1. The first-order valence-electron chi connectivity index (χ1n) is 8.09. The Morgan fingerprint density at radius 1 is 1.33 bits per heavy atom. The van der Waals surface area contributed by atoms with Crippen molar-refractivity contribution in [1.82, 2.24) is 5.32 Å². The topological polar surface area (TPSA) is 56.8 Å². The van der Waals surface area contributed by atoms with Gasteiger partial charge in [-0.1, -0.05) is 6.07 Å². The van der Waals surface area contributed by atoms with Gasteiger partial charge in [0.05, 0.1) is 13.7 Å². The molecule has 0 radical (unpaired) electrons. The molecule has 132 valence electrons. The SMILES string of the molecule is COC(=O)[C@H]1C[C@@H](c2ccc(OC(F)F)c(OCC3CC3)c2)CN1. The first-order chi connectivity index (χ1) is 11.6. The van der Waals surface area contributed by atoms with Crippen LogP contribution in [0.2, 0.25) is 0 Å². The van der Waals surface area contributed by atoms with Crippen LogP contribution in [-0.4, -0.2) is 38.9 Å². The van der Waals surface area contributed by atoms with E-state index in [1.165, 1.54) is 13.2 Å². The fourth-order valence-electron chi connectivity index (χ4n) is 2.89. The molecule has 1 saturated carbocycles. The number of hydrogen-bond acceptors (Lipinski definition) is 5. The number of benzene rings is 1. The molecule has 1 heterocycles. The van der Waals surface area contributed by atoms with E-state index in [4.69, 9.17) is 9.47 Å². The Bertz CT molecular complexity index is 592. The second-order valence-corrected chi connectivity index (χ2v) is 6.26. The number of halogens is 2. The minimum absolute atomic E-state index is 0.0462. The zero-order chi connectivity index (χ0) is 17.1. The zero-order valence-corrected chi connectivity index (χ0v) is 13.5. The minimum atomic E-state index is -2.89. The third-order valence-electron chi connectivity index (χ3n) is 4.44. The van der Waals surface area contributed by atoms with Gasteiger partial charge in [0.15, 0.2) is 11.5 Å². The highest BCUT2D eigenvalue weighted by Crippen LogP contribution is 2.37. The van der Waals surface area contributed by atoms with Crippen LogP contribution < -0.4 is 14.8 Å². The molecule has 2 aliphatic rings. The maximum atomic E-state index is 12.6. The molecule has 1 aromatic carbocycles. The molecule has 3 rings (SSSR count). The van der Waals surface area contributed by atoms with Crippen molar-refractivity contribution in [2.75, 3.05) is 20.3 Å². The van der Waals surface area contributed by atoms with Crippen LogP contribution in [0, 0.1) is 5.92 Å². The van der Waals surface area contributed by atoms with Crippen molar-refractivity contribution >= 4 is 5.97 Å². The number of hydrogen-bond donors (Lipinski definition) is 1. The molecule has 2 fully saturated rings. The van der Waals surface area contributed by atoms with Crippen molar-refractivity contribution in [3.63, 3.8) is 0 Å². The van der Waals surface area contributed by atoms with Gasteiger partial charge in [0.2, 0.25) is 0 Å². The van der Waals surface area contributed by atoms with Crippen LogP contribution in [0.4, 0.5) is 8.78 Å². The number of rotatable bonds is 7. The predicted octanol–water partition coefficient (Wildman–Crippen LogP) is 2.70. The summed E-state index contributed by atoms with van der Waals surface area (Å²) in [6, 6.07) is 4.66. The molecule has 1 saturated heterocycles. The molecule has 0 bridgehead atoms. The molecule has 0 amide bonds. The maximum Gasteiger partial charge on any atom is 0.387 e. The lowest BCUT2D eigenvalue weighted by Gasteiger charge is -2.16. The van der Waals surface area contributed by atoms with Crippen LogP contribution in [0.25, 0.3) is 0 Å². The Morgan fingerprint density at radius 3 is 2.79 bits per heavy atom. The van der Waals surface area contributed by atoms with Crippen LogP contribution >= 0.6 is 0 Å². The molecular formula is C17H21F2NO4. The Hall–Kier alpha value is -1.89. The van der Waals surface area contributed by atoms with Crippen LogP contribution in [0.3, 0.4) is 0 Å². The molecule has 1 N–H and O–H groups in total. The van der Waals surface area contributed by atoms with Gasteiger partial charge in [-0.2, -0.15) is 8.78 Å². The van der Waals surface area contributed by atoms with Crippen molar-refractivity contribution in [2.24, 2.45) is 5.92 Å². The summed E-state index contributed by atoms with van der Waals surface area (Å²) in [5.74, 6) is 0.689. The van der Waals surface area contributed by atoms with Crippen molar-refractivity contribution in [2.45, 2.75) is 37.8 Å². The van der Waals surface area contributed by atoms with E-state index in [0.29, 0.717) is 31.2 Å². The van der Waals surface area contributed by atoms with Crippen molar-refractivity contribution < 1.29 is 27.8 Å². The van der Waals surface area contributed by atoms with Crippen LogP contribution in [-0.2, 0) is 9.53 Å². The molecule has 5 nitrogen and oxygen atoms in total. The summed E-state index contributed by atoms with van der Waals surface area (Å²) < 4.78 is 40.1. The highest BCUT2D eigenvalue weighted by molar-refractivity contribution is 5.76. The minimum Gasteiger partial charge on any atom is -0.489 e. The Kier molecular flexibility index (Phi) is 5.18. The molecule has 7 heteroatoms. The van der Waals surface area contributed by atoms with E-state index in [9.17, 15) is 13.6 Å². The van der Waals surface area contributed by atoms with E-state index in [-0.39, 0.29) is 23.7 Å². The second-order valence-electron chi connectivity index (χ2n) is 6.26.